The molecule has 2 nitrogen and oxygen atoms in total. The first-order valence-electron chi connectivity index (χ1n) is 6.16. The lowest BCUT2D eigenvalue weighted by Gasteiger charge is -2.27. The van der Waals surface area contributed by atoms with Crippen LogP contribution in [-0.4, -0.2) is 31.9 Å². The second kappa shape index (κ2) is 6.05. The van der Waals surface area contributed by atoms with E-state index in [9.17, 15) is 13.2 Å². The van der Waals surface area contributed by atoms with Gasteiger partial charge in [-0.25, -0.2) is 13.2 Å². The summed E-state index contributed by atoms with van der Waals surface area (Å²) in [7, 11) is 1.43. The number of nitrogens with two attached hydrogens (primary N) is 1. The highest BCUT2D eigenvalue weighted by Gasteiger charge is 2.43. The van der Waals surface area contributed by atoms with Gasteiger partial charge in [0.05, 0.1) is 6.61 Å². The lowest BCUT2D eigenvalue weighted by molar-refractivity contribution is -0.00897. The van der Waals surface area contributed by atoms with Crippen LogP contribution in [0.3, 0.4) is 0 Å². The molecule has 0 amide bonds. The van der Waals surface area contributed by atoms with Crippen LogP contribution in [0.15, 0.2) is 0 Å². The molecular weight excluding hydrogens is 231 g/mol. The van der Waals surface area contributed by atoms with E-state index < -0.39 is 11.6 Å². The van der Waals surface area contributed by atoms with Gasteiger partial charge >= 0.3 is 0 Å². The van der Waals surface area contributed by atoms with Crippen LogP contribution in [0.2, 0.25) is 0 Å². The SMILES string of the molecule is COCC(F)(CCCN)CC1CCC(F)(F)C1. The maximum Gasteiger partial charge on any atom is 0.248 e. The van der Waals surface area contributed by atoms with Crippen LogP contribution in [0.1, 0.15) is 38.5 Å². The monoisotopic (exact) mass is 253 g/mol. The van der Waals surface area contributed by atoms with Gasteiger partial charge < -0.3 is 10.5 Å². The minimum absolute atomic E-state index is 0.0327. The van der Waals surface area contributed by atoms with Gasteiger partial charge in [0.25, 0.3) is 0 Å². The Morgan fingerprint density at radius 3 is 2.65 bits per heavy atom. The third-order valence-corrected chi connectivity index (χ3v) is 3.39. The third-order valence-electron chi connectivity index (χ3n) is 3.39. The Morgan fingerprint density at radius 1 is 1.47 bits per heavy atom. The van der Waals surface area contributed by atoms with Gasteiger partial charge in [0, 0.05) is 20.0 Å². The molecule has 0 aliphatic heterocycles. The van der Waals surface area contributed by atoms with E-state index in [1.165, 1.54) is 7.11 Å². The molecule has 0 aromatic carbocycles. The smallest absolute Gasteiger partial charge is 0.248 e. The van der Waals surface area contributed by atoms with Gasteiger partial charge in [-0.05, 0) is 38.1 Å². The zero-order valence-electron chi connectivity index (χ0n) is 10.4. The van der Waals surface area contributed by atoms with Crippen LogP contribution in [-0.2, 0) is 4.74 Å². The van der Waals surface area contributed by atoms with Crippen molar-refractivity contribution >= 4 is 0 Å². The van der Waals surface area contributed by atoms with Crippen molar-refractivity contribution in [2.24, 2.45) is 11.7 Å². The molecule has 1 aliphatic rings. The first-order chi connectivity index (χ1) is 7.91. The Hall–Kier alpha value is -0.290. The lowest BCUT2D eigenvalue weighted by atomic mass is 9.88. The van der Waals surface area contributed by atoms with Gasteiger partial charge in [-0.3, -0.25) is 0 Å². The van der Waals surface area contributed by atoms with Crippen LogP contribution in [0, 0.1) is 5.92 Å². The minimum atomic E-state index is -2.60. The van der Waals surface area contributed by atoms with Gasteiger partial charge in [-0.2, -0.15) is 0 Å². The molecule has 0 aromatic heterocycles. The van der Waals surface area contributed by atoms with E-state index >= 15 is 0 Å². The second-order valence-corrected chi connectivity index (χ2v) is 5.15. The van der Waals surface area contributed by atoms with E-state index in [4.69, 9.17) is 10.5 Å². The summed E-state index contributed by atoms with van der Waals surface area (Å²) in [5.41, 5.74) is 3.85. The zero-order valence-corrected chi connectivity index (χ0v) is 10.4. The van der Waals surface area contributed by atoms with Crippen molar-refractivity contribution in [1.82, 2.24) is 0 Å². The van der Waals surface area contributed by atoms with Crippen molar-refractivity contribution in [3.05, 3.63) is 0 Å². The fourth-order valence-electron chi connectivity index (χ4n) is 2.64. The first kappa shape index (κ1) is 14.8. The lowest BCUT2D eigenvalue weighted by Crippen LogP contribution is -2.32. The molecular formula is C12H22F3NO. The number of methoxy groups -OCH3 is 1. The summed E-state index contributed by atoms with van der Waals surface area (Å²) in [6.45, 7) is 0.380. The summed E-state index contributed by atoms with van der Waals surface area (Å²) in [6.07, 6.45) is 1.12. The molecule has 0 heterocycles. The average Bonchev–Trinajstić information content (AvgIpc) is 2.55. The van der Waals surface area contributed by atoms with Gasteiger partial charge in [-0.1, -0.05) is 0 Å². The summed E-state index contributed by atoms with van der Waals surface area (Å²) < 4.78 is 45.4. The van der Waals surface area contributed by atoms with Gasteiger partial charge in [0.15, 0.2) is 0 Å². The van der Waals surface area contributed by atoms with E-state index in [0.29, 0.717) is 25.8 Å². The fraction of sp³-hybridized carbons (Fsp3) is 1.00. The van der Waals surface area contributed by atoms with Crippen LogP contribution in [0.4, 0.5) is 13.2 Å². The highest BCUT2D eigenvalue weighted by Crippen LogP contribution is 2.43. The normalized spacial score (nSPS) is 27.0. The van der Waals surface area contributed by atoms with Crippen molar-refractivity contribution in [3.8, 4) is 0 Å². The maximum atomic E-state index is 14.5. The van der Waals surface area contributed by atoms with E-state index in [1.807, 2.05) is 0 Å². The standard InChI is InChI=1S/C12H22F3NO/c1-17-9-11(13,4-2-6-16)7-10-3-5-12(14,15)8-10/h10H,2-9,16H2,1H3. The van der Waals surface area contributed by atoms with Gasteiger partial charge in [0.2, 0.25) is 5.92 Å². The van der Waals surface area contributed by atoms with E-state index in [0.717, 1.165) is 0 Å². The quantitative estimate of drug-likeness (QED) is 0.757. The number of hydrogen-bond donors (Lipinski definition) is 1. The van der Waals surface area contributed by atoms with Gasteiger partial charge in [0.1, 0.15) is 5.67 Å². The number of alkyl halides is 3. The summed E-state index contributed by atoms with van der Waals surface area (Å²) >= 11 is 0. The first-order valence-corrected chi connectivity index (χ1v) is 6.16. The molecule has 0 spiro atoms. The summed E-state index contributed by atoms with van der Waals surface area (Å²) in [6, 6.07) is 0. The Kier molecular flexibility index (Phi) is 5.25. The summed E-state index contributed by atoms with van der Waals surface area (Å²) in [5, 5.41) is 0. The zero-order chi connectivity index (χ0) is 12.9. The molecule has 5 heteroatoms. The average molecular weight is 253 g/mol. The van der Waals surface area contributed by atoms with Crippen molar-refractivity contribution in [2.45, 2.75) is 50.1 Å². The van der Waals surface area contributed by atoms with Gasteiger partial charge in [-0.15, -0.1) is 0 Å². The van der Waals surface area contributed by atoms with E-state index in [-0.39, 0.29) is 31.8 Å². The molecule has 2 N–H and O–H groups in total. The summed E-state index contributed by atoms with van der Waals surface area (Å²) in [4.78, 5) is 0. The minimum Gasteiger partial charge on any atom is -0.381 e. The Balaban J connectivity index is 2.48. The second-order valence-electron chi connectivity index (χ2n) is 5.15. The highest BCUT2D eigenvalue weighted by atomic mass is 19.3. The van der Waals surface area contributed by atoms with E-state index in [1.54, 1.807) is 0 Å². The Bertz CT molecular complexity index is 238. The molecule has 0 radical (unpaired) electrons. The van der Waals surface area contributed by atoms with Crippen molar-refractivity contribution in [2.75, 3.05) is 20.3 Å². The molecule has 1 rings (SSSR count). The van der Waals surface area contributed by atoms with Crippen LogP contribution >= 0.6 is 0 Å². The number of ether oxygens (including phenoxy) is 1. The largest absolute Gasteiger partial charge is 0.381 e. The molecule has 102 valence electrons. The number of rotatable bonds is 7. The number of hydrogen-bond acceptors (Lipinski definition) is 2. The topological polar surface area (TPSA) is 35.2 Å². The molecule has 0 saturated heterocycles. The molecule has 1 saturated carbocycles. The Morgan fingerprint density at radius 2 is 2.18 bits per heavy atom. The fourth-order valence-corrected chi connectivity index (χ4v) is 2.64. The van der Waals surface area contributed by atoms with Crippen LogP contribution < -0.4 is 5.73 Å². The molecule has 17 heavy (non-hydrogen) atoms. The molecule has 2 atom stereocenters. The van der Waals surface area contributed by atoms with Crippen molar-refractivity contribution < 1.29 is 17.9 Å². The highest BCUT2D eigenvalue weighted by molar-refractivity contribution is 4.89. The predicted molar refractivity (Wildman–Crippen MR) is 60.9 cm³/mol. The molecule has 0 bridgehead atoms. The molecule has 1 aliphatic carbocycles. The molecule has 0 aromatic rings. The molecule has 2 unspecified atom stereocenters. The maximum absolute atomic E-state index is 14.5. The molecule has 1 fully saturated rings. The van der Waals surface area contributed by atoms with Crippen LogP contribution in [0.25, 0.3) is 0 Å². The van der Waals surface area contributed by atoms with Crippen LogP contribution in [0.5, 0.6) is 0 Å². The predicted octanol–water partition coefficient (Wildman–Crippen LogP) is 2.91. The third kappa shape index (κ3) is 4.84. The Labute approximate surface area is 101 Å². The summed E-state index contributed by atoms with van der Waals surface area (Å²) in [5.74, 6) is -2.84. The van der Waals surface area contributed by atoms with E-state index in [2.05, 4.69) is 0 Å². The van der Waals surface area contributed by atoms with Crippen molar-refractivity contribution in [1.29, 1.82) is 0 Å². The van der Waals surface area contributed by atoms with Crippen molar-refractivity contribution in [3.63, 3.8) is 0 Å². The number of halogens is 3.